The molecule has 0 aliphatic carbocycles. The van der Waals surface area contributed by atoms with Crippen LogP contribution in [0.4, 0.5) is 4.39 Å². The van der Waals surface area contributed by atoms with Crippen LogP contribution in [0.2, 0.25) is 0 Å². The zero-order valence-electron chi connectivity index (χ0n) is 6.37. The minimum atomic E-state index is -0.226. The van der Waals surface area contributed by atoms with Crippen molar-refractivity contribution in [3.05, 3.63) is 54.0 Å². The fourth-order valence-electron chi connectivity index (χ4n) is 1.13. The highest BCUT2D eigenvalue weighted by molar-refractivity contribution is 5.68. The van der Waals surface area contributed by atoms with Gasteiger partial charge in [-0.3, -0.25) is 5.32 Å². The maximum atomic E-state index is 13.1. The highest BCUT2D eigenvalue weighted by Crippen LogP contribution is 2.18. The lowest BCUT2D eigenvalue weighted by Gasteiger charge is -2.01. The molecule has 1 nitrogen and oxygen atoms in total. The Labute approximate surface area is 70.2 Å². The third-order valence-electron chi connectivity index (χ3n) is 1.70. The number of nitrogens with zero attached hydrogens (tertiary/aromatic N) is 1. The van der Waals surface area contributed by atoms with Crippen molar-refractivity contribution >= 4 is 5.70 Å². The molecule has 1 aliphatic heterocycles. The molecular formula is C10H7FN. The topological polar surface area (TPSA) is 14.1 Å². The number of hydrogen-bond acceptors (Lipinski definition) is 0. The van der Waals surface area contributed by atoms with Crippen molar-refractivity contribution in [2.75, 3.05) is 0 Å². The maximum absolute atomic E-state index is 13.1. The first-order chi connectivity index (χ1) is 5.88. The number of allylic oxidation sites excluding steroid dienone is 2. The minimum Gasteiger partial charge on any atom is -0.256 e. The number of benzene rings is 1. The number of hydrogen-bond donors (Lipinski definition) is 0. The molecule has 12 heavy (non-hydrogen) atoms. The average Bonchev–Trinajstić information content (AvgIpc) is 2.57. The minimum absolute atomic E-state index is 0.226. The van der Waals surface area contributed by atoms with Gasteiger partial charge in [0.1, 0.15) is 5.82 Å². The first kappa shape index (κ1) is 7.10. The Bertz CT molecular complexity index is 353. The molecule has 0 N–H and O–H groups in total. The molecule has 0 unspecified atom stereocenters. The van der Waals surface area contributed by atoms with Crippen LogP contribution in [0.15, 0.2) is 42.6 Å². The number of halogens is 1. The average molecular weight is 160 g/mol. The summed E-state index contributed by atoms with van der Waals surface area (Å²) in [5.41, 5.74) is 1.25. The van der Waals surface area contributed by atoms with Crippen molar-refractivity contribution in [1.82, 2.24) is 5.32 Å². The summed E-state index contributed by atoms with van der Waals surface area (Å²) in [6.07, 6.45) is 5.24. The molecule has 0 spiro atoms. The van der Waals surface area contributed by atoms with E-state index >= 15 is 0 Å². The van der Waals surface area contributed by atoms with E-state index in [0.717, 1.165) is 0 Å². The van der Waals surface area contributed by atoms with Crippen LogP contribution >= 0.6 is 0 Å². The predicted octanol–water partition coefficient (Wildman–Crippen LogP) is 2.30. The van der Waals surface area contributed by atoms with Crippen molar-refractivity contribution in [3.63, 3.8) is 0 Å². The lowest BCUT2D eigenvalue weighted by molar-refractivity contribution is 0.623. The van der Waals surface area contributed by atoms with Crippen LogP contribution in [0.5, 0.6) is 0 Å². The van der Waals surface area contributed by atoms with Crippen molar-refractivity contribution in [2.45, 2.75) is 0 Å². The molecule has 0 aromatic heterocycles. The fraction of sp³-hybridized carbons (Fsp3) is 0. The van der Waals surface area contributed by atoms with Gasteiger partial charge in [-0.15, -0.1) is 0 Å². The summed E-state index contributed by atoms with van der Waals surface area (Å²) in [4.78, 5) is 0. The van der Waals surface area contributed by atoms with Gasteiger partial charge in [0.05, 0.1) is 5.70 Å². The summed E-state index contributed by atoms with van der Waals surface area (Å²) < 4.78 is 13.1. The molecule has 0 atom stereocenters. The maximum Gasteiger partial charge on any atom is 0.132 e. The van der Waals surface area contributed by atoms with Crippen LogP contribution in [0.3, 0.4) is 0 Å². The molecule has 0 saturated heterocycles. The molecule has 0 fully saturated rings. The van der Waals surface area contributed by atoms with Gasteiger partial charge in [-0.1, -0.05) is 12.1 Å². The standard InChI is InChI=1S/C10H7FN/c11-9-5-2-1-4-8(9)10-6-3-7-12-10/h1-7H. The lowest BCUT2D eigenvalue weighted by atomic mass is 10.1. The quantitative estimate of drug-likeness (QED) is 0.598. The predicted molar refractivity (Wildman–Crippen MR) is 45.7 cm³/mol. The van der Waals surface area contributed by atoms with Crippen molar-refractivity contribution in [2.24, 2.45) is 0 Å². The third kappa shape index (κ3) is 1.11. The van der Waals surface area contributed by atoms with E-state index in [-0.39, 0.29) is 5.82 Å². The van der Waals surface area contributed by atoms with E-state index in [0.29, 0.717) is 11.3 Å². The zero-order valence-corrected chi connectivity index (χ0v) is 6.37. The molecule has 1 heterocycles. The molecule has 1 aromatic rings. The second-order valence-electron chi connectivity index (χ2n) is 2.50. The summed E-state index contributed by atoms with van der Waals surface area (Å²) in [5.74, 6) is -0.226. The monoisotopic (exact) mass is 160 g/mol. The highest BCUT2D eigenvalue weighted by Gasteiger charge is 2.07. The fourth-order valence-corrected chi connectivity index (χ4v) is 1.13. The Kier molecular flexibility index (Phi) is 1.67. The van der Waals surface area contributed by atoms with Gasteiger partial charge in [0.15, 0.2) is 0 Å². The summed E-state index contributed by atoms with van der Waals surface area (Å²) in [6, 6.07) is 6.62. The SMILES string of the molecule is Fc1ccccc1C1=CC=C[N]1. The Morgan fingerprint density at radius 1 is 1.17 bits per heavy atom. The molecular weight excluding hydrogens is 153 g/mol. The second kappa shape index (κ2) is 2.81. The van der Waals surface area contributed by atoms with Gasteiger partial charge in [-0.05, 0) is 24.3 Å². The third-order valence-corrected chi connectivity index (χ3v) is 1.70. The van der Waals surface area contributed by atoms with Crippen LogP contribution in [0, 0.1) is 5.82 Å². The first-order valence-electron chi connectivity index (χ1n) is 3.70. The summed E-state index contributed by atoms with van der Waals surface area (Å²) in [7, 11) is 0. The molecule has 0 saturated carbocycles. The zero-order chi connectivity index (χ0) is 8.39. The highest BCUT2D eigenvalue weighted by atomic mass is 19.1. The van der Waals surface area contributed by atoms with E-state index in [9.17, 15) is 4.39 Å². The van der Waals surface area contributed by atoms with Crippen molar-refractivity contribution < 1.29 is 4.39 Å². The van der Waals surface area contributed by atoms with Crippen LogP contribution < -0.4 is 5.32 Å². The van der Waals surface area contributed by atoms with E-state index in [2.05, 4.69) is 5.32 Å². The van der Waals surface area contributed by atoms with Crippen molar-refractivity contribution in [1.29, 1.82) is 0 Å². The van der Waals surface area contributed by atoms with Gasteiger partial charge in [0, 0.05) is 11.8 Å². The summed E-state index contributed by atoms with van der Waals surface area (Å²) in [6.45, 7) is 0. The molecule has 2 rings (SSSR count). The lowest BCUT2D eigenvalue weighted by Crippen LogP contribution is -1.94. The first-order valence-corrected chi connectivity index (χ1v) is 3.70. The van der Waals surface area contributed by atoms with Crippen molar-refractivity contribution in [3.8, 4) is 0 Å². The Balaban J connectivity index is 2.40. The molecule has 59 valence electrons. The van der Waals surface area contributed by atoms with E-state index < -0.39 is 0 Å². The van der Waals surface area contributed by atoms with Crippen LogP contribution in [-0.2, 0) is 0 Å². The summed E-state index contributed by atoms with van der Waals surface area (Å²) >= 11 is 0. The van der Waals surface area contributed by atoms with E-state index in [4.69, 9.17) is 0 Å². The van der Waals surface area contributed by atoms with E-state index in [1.165, 1.54) is 6.07 Å². The van der Waals surface area contributed by atoms with Gasteiger partial charge in [-0.25, -0.2) is 4.39 Å². The van der Waals surface area contributed by atoms with Gasteiger partial charge >= 0.3 is 0 Å². The Morgan fingerprint density at radius 2 is 2.00 bits per heavy atom. The molecule has 2 heteroatoms. The molecule has 0 bridgehead atoms. The van der Waals surface area contributed by atoms with Gasteiger partial charge in [-0.2, -0.15) is 0 Å². The molecule has 1 aromatic carbocycles. The smallest absolute Gasteiger partial charge is 0.132 e. The van der Waals surface area contributed by atoms with E-state index in [1.54, 1.807) is 36.6 Å². The second-order valence-corrected chi connectivity index (χ2v) is 2.50. The Hall–Kier alpha value is -1.57. The Morgan fingerprint density at radius 3 is 2.67 bits per heavy atom. The normalized spacial score (nSPS) is 14.2. The molecule has 1 aliphatic rings. The van der Waals surface area contributed by atoms with Crippen LogP contribution in [0.25, 0.3) is 5.70 Å². The van der Waals surface area contributed by atoms with Crippen LogP contribution in [-0.4, -0.2) is 0 Å². The summed E-state index contributed by atoms with van der Waals surface area (Å²) in [5, 5.41) is 4.01. The van der Waals surface area contributed by atoms with Gasteiger partial charge < -0.3 is 0 Å². The van der Waals surface area contributed by atoms with E-state index in [1.807, 2.05) is 0 Å². The molecule has 1 radical (unpaired) electrons. The van der Waals surface area contributed by atoms with Crippen LogP contribution in [0.1, 0.15) is 5.56 Å². The van der Waals surface area contributed by atoms with Gasteiger partial charge in [0.25, 0.3) is 0 Å². The van der Waals surface area contributed by atoms with Gasteiger partial charge in [0.2, 0.25) is 0 Å². The largest absolute Gasteiger partial charge is 0.256 e. The number of rotatable bonds is 1. The molecule has 0 amide bonds.